The lowest BCUT2D eigenvalue weighted by Gasteiger charge is -2.19. The Balaban J connectivity index is 2.40. The van der Waals surface area contributed by atoms with E-state index in [0.29, 0.717) is 17.3 Å². The summed E-state index contributed by atoms with van der Waals surface area (Å²) in [4.78, 5) is 15.7. The van der Waals surface area contributed by atoms with Crippen molar-refractivity contribution in [3.8, 4) is 11.6 Å². The van der Waals surface area contributed by atoms with Crippen LogP contribution in [0.25, 0.3) is 0 Å². The summed E-state index contributed by atoms with van der Waals surface area (Å²) >= 11 is 2.21. The summed E-state index contributed by atoms with van der Waals surface area (Å²) in [7, 11) is 0. The Bertz CT molecular complexity index is 660. The van der Waals surface area contributed by atoms with Crippen molar-refractivity contribution in [1.29, 1.82) is 0 Å². The Morgan fingerprint density at radius 1 is 1.19 bits per heavy atom. The molecule has 5 heteroatoms. The molecule has 110 valence electrons. The lowest BCUT2D eigenvalue weighted by atomic mass is 9.91. The minimum absolute atomic E-state index is 0.176. The molecule has 0 radical (unpaired) electrons. The average Bonchev–Trinajstić information content (AvgIpc) is 2.40. The third-order valence-electron chi connectivity index (χ3n) is 2.85. The molecule has 0 saturated heterocycles. The van der Waals surface area contributed by atoms with Crippen molar-refractivity contribution in [2.75, 3.05) is 0 Å². The number of pyridine rings is 1. The van der Waals surface area contributed by atoms with E-state index < -0.39 is 5.97 Å². The molecule has 1 aromatic heterocycles. The molecule has 2 rings (SSSR count). The first kappa shape index (κ1) is 15.8. The van der Waals surface area contributed by atoms with Gasteiger partial charge in [0.05, 0.1) is 11.3 Å². The molecule has 0 amide bonds. The van der Waals surface area contributed by atoms with Gasteiger partial charge in [0.2, 0.25) is 5.88 Å². The minimum atomic E-state index is -0.990. The second-order valence-corrected chi connectivity index (χ2v) is 6.94. The molecule has 0 aliphatic carbocycles. The Kier molecular flexibility index (Phi) is 4.51. The van der Waals surface area contributed by atoms with Crippen LogP contribution in [0.4, 0.5) is 0 Å². The summed E-state index contributed by atoms with van der Waals surface area (Å²) in [6, 6.07) is 10.5. The minimum Gasteiger partial charge on any atom is -0.478 e. The van der Waals surface area contributed by atoms with Crippen molar-refractivity contribution in [2.45, 2.75) is 26.2 Å². The van der Waals surface area contributed by atoms with Crippen molar-refractivity contribution in [1.82, 2.24) is 4.98 Å². The van der Waals surface area contributed by atoms with E-state index in [1.54, 1.807) is 6.07 Å². The Hall–Kier alpha value is -1.63. The molecule has 0 fully saturated rings. The van der Waals surface area contributed by atoms with E-state index in [9.17, 15) is 9.90 Å². The van der Waals surface area contributed by atoms with Crippen molar-refractivity contribution < 1.29 is 14.6 Å². The van der Waals surface area contributed by atoms with Gasteiger partial charge in [-0.15, -0.1) is 0 Å². The van der Waals surface area contributed by atoms with Gasteiger partial charge < -0.3 is 9.84 Å². The number of aromatic nitrogens is 1. The fourth-order valence-corrected chi connectivity index (χ4v) is 2.05. The van der Waals surface area contributed by atoms with Gasteiger partial charge in [0.1, 0.15) is 5.75 Å². The molecule has 21 heavy (non-hydrogen) atoms. The zero-order valence-electron chi connectivity index (χ0n) is 12.1. The Morgan fingerprint density at radius 3 is 2.33 bits per heavy atom. The van der Waals surface area contributed by atoms with Gasteiger partial charge in [0.25, 0.3) is 0 Å². The number of carbonyl (C=O) groups is 1. The molecule has 0 saturated carbocycles. The van der Waals surface area contributed by atoms with Gasteiger partial charge in [-0.2, -0.15) is 0 Å². The topological polar surface area (TPSA) is 59.4 Å². The van der Waals surface area contributed by atoms with E-state index in [1.165, 1.54) is 6.07 Å². The highest BCUT2D eigenvalue weighted by molar-refractivity contribution is 14.1. The molecular formula is C16H16INO3. The summed E-state index contributed by atoms with van der Waals surface area (Å²) in [5.41, 5.74) is 0.605. The van der Waals surface area contributed by atoms with Gasteiger partial charge >= 0.3 is 5.97 Å². The molecule has 1 N–H and O–H groups in total. The van der Waals surface area contributed by atoms with E-state index >= 15 is 0 Å². The number of halogens is 1. The Morgan fingerprint density at radius 2 is 1.81 bits per heavy atom. The van der Waals surface area contributed by atoms with E-state index in [2.05, 4.69) is 27.6 Å². The number of carboxylic acid groups (broad SMARTS) is 1. The lowest BCUT2D eigenvalue weighted by Crippen LogP contribution is -2.15. The van der Waals surface area contributed by atoms with E-state index in [4.69, 9.17) is 4.74 Å². The number of carboxylic acids is 1. The van der Waals surface area contributed by atoms with Crippen molar-refractivity contribution in [3.63, 3.8) is 0 Å². The number of rotatable bonds is 3. The quantitative estimate of drug-likeness (QED) is 0.777. The van der Waals surface area contributed by atoms with Gasteiger partial charge in [-0.1, -0.05) is 20.8 Å². The van der Waals surface area contributed by atoms with Crippen LogP contribution in [0.5, 0.6) is 11.6 Å². The molecule has 0 aliphatic rings. The first-order chi connectivity index (χ1) is 9.75. The maximum atomic E-state index is 11.2. The number of nitrogens with zero attached hydrogens (tertiary/aromatic N) is 1. The molecule has 1 heterocycles. The molecule has 0 unspecified atom stereocenters. The van der Waals surface area contributed by atoms with Gasteiger partial charge in [-0.25, -0.2) is 9.78 Å². The van der Waals surface area contributed by atoms with Crippen LogP contribution in [0, 0.1) is 3.57 Å². The maximum absolute atomic E-state index is 11.2. The van der Waals surface area contributed by atoms with Crippen LogP contribution in [0.1, 0.15) is 36.8 Å². The lowest BCUT2D eigenvalue weighted by molar-refractivity contribution is 0.0696. The zero-order chi connectivity index (χ0) is 15.6. The number of aromatic carboxylic acids is 1. The Labute approximate surface area is 137 Å². The van der Waals surface area contributed by atoms with Crippen molar-refractivity contribution >= 4 is 28.6 Å². The molecular weight excluding hydrogens is 381 g/mol. The van der Waals surface area contributed by atoms with Crippen LogP contribution >= 0.6 is 22.6 Å². The SMILES string of the molecule is CC(C)(C)c1cc(C(=O)O)cc(Oc2ccc(I)cc2)n1. The maximum Gasteiger partial charge on any atom is 0.335 e. The van der Waals surface area contributed by atoms with Gasteiger partial charge in [0, 0.05) is 15.1 Å². The summed E-state index contributed by atoms with van der Waals surface area (Å²) in [6.45, 7) is 5.95. The number of ether oxygens (including phenoxy) is 1. The highest BCUT2D eigenvalue weighted by atomic mass is 127. The summed E-state index contributed by atoms with van der Waals surface area (Å²) in [6.07, 6.45) is 0. The van der Waals surface area contributed by atoms with Crippen LogP contribution in [-0.2, 0) is 5.41 Å². The molecule has 0 spiro atoms. The van der Waals surface area contributed by atoms with Crippen LogP contribution in [0.15, 0.2) is 36.4 Å². The van der Waals surface area contributed by atoms with Crippen molar-refractivity contribution in [3.05, 3.63) is 51.2 Å². The summed E-state index contributed by atoms with van der Waals surface area (Å²) in [5.74, 6) is -0.0679. The summed E-state index contributed by atoms with van der Waals surface area (Å²) < 4.78 is 6.78. The van der Waals surface area contributed by atoms with E-state index in [0.717, 1.165) is 3.57 Å². The third kappa shape index (κ3) is 4.17. The van der Waals surface area contributed by atoms with Crippen molar-refractivity contribution in [2.24, 2.45) is 0 Å². The third-order valence-corrected chi connectivity index (χ3v) is 3.57. The van der Waals surface area contributed by atoms with Gasteiger partial charge in [-0.3, -0.25) is 0 Å². The highest BCUT2D eigenvalue weighted by Crippen LogP contribution is 2.27. The first-order valence-corrected chi connectivity index (χ1v) is 7.53. The monoisotopic (exact) mass is 397 g/mol. The van der Waals surface area contributed by atoms with Gasteiger partial charge in [0.15, 0.2) is 0 Å². The molecule has 0 atom stereocenters. The van der Waals surface area contributed by atoms with Crippen LogP contribution in [0.2, 0.25) is 0 Å². The number of hydrogen-bond acceptors (Lipinski definition) is 3. The van der Waals surface area contributed by atoms with Gasteiger partial charge in [-0.05, 0) is 52.9 Å². The predicted molar refractivity (Wildman–Crippen MR) is 89.1 cm³/mol. The van der Waals surface area contributed by atoms with Crippen LogP contribution < -0.4 is 4.74 Å². The summed E-state index contributed by atoms with van der Waals surface area (Å²) in [5, 5.41) is 9.22. The first-order valence-electron chi connectivity index (χ1n) is 6.45. The van der Waals surface area contributed by atoms with Crippen LogP contribution in [0.3, 0.4) is 0 Å². The fraction of sp³-hybridized carbons (Fsp3) is 0.250. The standard InChI is InChI=1S/C16H16INO3/c1-16(2,3)13-8-10(15(19)20)9-14(18-13)21-12-6-4-11(17)5-7-12/h4-9H,1-3H3,(H,19,20). The zero-order valence-corrected chi connectivity index (χ0v) is 14.2. The smallest absolute Gasteiger partial charge is 0.335 e. The second-order valence-electron chi connectivity index (χ2n) is 5.69. The number of benzene rings is 1. The van der Waals surface area contributed by atoms with E-state index in [1.807, 2.05) is 45.0 Å². The number of hydrogen-bond donors (Lipinski definition) is 1. The molecule has 1 aromatic carbocycles. The normalized spacial score (nSPS) is 11.2. The molecule has 2 aromatic rings. The molecule has 0 aliphatic heterocycles. The van der Waals surface area contributed by atoms with Crippen LogP contribution in [-0.4, -0.2) is 16.1 Å². The average molecular weight is 397 g/mol. The highest BCUT2D eigenvalue weighted by Gasteiger charge is 2.19. The van der Waals surface area contributed by atoms with E-state index in [-0.39, 0.29) is 11.0 Å². The second kappa shape index (κ2) is 6.01. The largest absolute Gasteiger partial charge is 0.478 e. The predicted octanol–water partition coefficient (Wildman–Crippen LogP) is 4.47. The molecule has 4 nitrogen and oxygen atoms in total. The fourth-order valence-electron chi connectivity index (χ4n) is 1.69. The molecule has 0 bridgehead atoms.